The van der Waals surface area contributed by atoms with Gasteiger partial charge < -0.3 is 31.1 Å². The van der Waals surface area contributed by atoms with Crippen LogP contribution in [0.25, 0.3) is 0 Å². The fourth-order valence-corrected chi connectivity index (χ4v) is 3.86. The summed E-state index contributed by atoms with van der Waals surface area (Å²) in [5.74, 6) is 0.716. The van der Waals surface area contributed by atoms with Crippen molar-refractivity contribution in [1.29, 1.82) is 0 Å². The molecule has 0 radical (unpaired) electrons. The zero-order chi connectivity index (χ0) is 17.2. The summed E-state index contributed by atoms with van der Waals surface area (Å²) in [4.78, 5) is 0. The van der Waals surface area contributed by atoms with E-state index in [0.717, 1.165) is 24.3 Å². The zero-order valence-corrected chi connectivity index (χ0v) is 15.1. The number of hydrogen-bond acceptors (Lipinski definition) is 4. The molecular formula is C16H22N4O2S2. The Morgan fingerprint density at radius 1 is 1.21 bits per heavy atom. The van der Waals surface area contributed by atoms with Crippen LogP contribution in [0.1, 0.15) is 12.0 Å². The van der Waals surface area contributed by atoms with Gasteiger partial charge in [0.1, 0.15) is 11.5 Å². The number of rotatable bonds is 4. The van der Waals surface area contributed by atoms with Gasteiger partial charge in [-0.15, -0.1) is 0 Å². The van der Waals surface area contributed by atoms with Gasteiger partial charge in [0.15, 0.2) is 10.2 Å². The highest BCUT2D eigenvalue weighted by Gasteiger charge is 2.45. The highest BCUT2D eigenvalue weighted by molar-refractivity contribution is 7.80. The van der Waals surface area contributed by atoms with Gasteiger partial charge in [0.05, 0.1) is 7.11 Å². The second-order valence-corrected chi connectivity index (χ2v) is 7.00. The molecule has 2 saturated heterocycles. The maximum atomic E-state index is 11.3. The number of benzene rings is 1. The Morgan fingerprint density at radius 3 is 2.62 bits per heavy atom. The molecule has 5 N–H and O–H groups in total. The lowest BCUT2D eigenvalue weighted by Crippen LogP contribution is -2.70. The third kappa shape index (κ3) is 3.71. The van der Waals surface area contributed by atoms with Crippen molar-refractivity contribution in [1.82, 2.24) is 21.3 Å². The van der Waals surface area contributed by atoms with E-state index >= 15 is 0 Å². The quantitative estimate of drug-likeness (QED) is 0.486. The topological polar surface area (TPSA) is 77.6 Å². The smallest absolute Gasteiger partial charge is 0.168 e. The van der Waals surface area contributed by atoms with E-state index < -0.39 is 5.72 Å². The Bertz CT molecular complexity index is 625. The standard InChI is InChI=1S/C16H22N4O2S2/c1-22-11-4-2-10(3-5-11)8-16(21)12(9-18-15(24)20-16)13-6-7-17-14(23)19-13/h2-5,12-13,21H,6-9H2,1H3,(H2,17,19,23)(H2,18,20,24). The summed E-state index contributed by atoms with van der Waals surface area (Å²) in [6.07, 6.45) is 1.33. The summed E-state index contributed by atoms with van der Waals surface area (Å²) in [5, 5.41) is 25.0. The molecule has 2 fully saturated rings. The third-order valence-electron chi connectivity index (χ3n) is 4.60. The first-order chi connectivity index (χ1) is 11.5. The first kappa shape index (κ1) is 17.2. The van der Waals surface area contributed by atoms with Crippen molar-refractivity contribution in [2.45, 2.75) is 24.6 Å². The fraction of sp³-hybridized carbons (Fsp3) is 0.500. The van der Waals surface area contributed by atoms with Crippen LogP contribution in [-0.2, 0) is 6.42 Å². The molecule has 0 aromatic heterocycles. The number of ether oxygens (including phenoxy) is 1. The van der Waals surface area contributed by atoms with E-state index in [-0.39, 0.29) is 12.0 Å². The summed E-state index contributed by atoms with van der Waals surface area (Å²) in [7, 11) is 1.64. The zero-order valence-electron chi connectivity index (χ0n) is 13.5. The molecule has 2 aliphatic rings. The third-order valence-corrected chi connectivity index (χ3v) is 5.11. The molecule has 3 rings (SSSR count). The lowest BCUT2D eigenvalue weighted by atomic mass is 9.81. The molecule has 0 aliphatic carbocycles. The number of thiocarbonyl (C=S) groups is 2. The molecule has 0 spiro atoms. The summed E-state index contributed by atoms with van der Waals surface area (Å²) in [6, 6.07) is 7.78. The largest absolute Gasteiger partial charge is 0.497 e. The number of methoxy groups -OCH3 is 1. The average Bonchev–Trinajstić information content (AvgIpc) is 2.55. The van der Waals surface area contributed by atoms with Crippen LogP contribution in [0.5, 0.6) is 5.75 Å². The van der Waals surface area contributed by atoms with Gasteiger partial charge in [0.2, 0.25) is 0 Å². The van der Waals surface area contributed by atoms with Gasteiger partial charge in [0, 0.05) is 31.5 Å². The Labute approximate surface area is 152 Å². The van der Waals surface area contributed by atoms with Gasteiger partial charge in [-0.05, 0) is 48.6 Å². The summed E-state index contributed by atoms with van der Waals surface area (Å²) in [6.45, 7) is 1.40. The molecule has 0 saturated carbocycles. The first-order valence-electron chi connectivity index (χ1n) is 7.96. The molecule has 130 valence electrons. The molecule has 24 heavy (non-hydrogen) atoms. The summed E-state index contributed by atoms with van der Waals surface area (Å²) in [5.41, 5.74) is -0.126. The van der Waals surface area contributed by atoms with E-state index in [4.69, 9.17) is 29.2 Å². The van der Waals surface area contributed by atoms with Crippen molar-refractivity contribution in [2.75, 3.05) is 20.2 Å². The minimum absolute atomic E-state index is 0.0742. The van der Waals surface area contributed by atoms with Crippen molar-refractivity contribution >= 4 is 34.7 Å². The van der Waals surface area contributed by atoms with Gasteiger partial charge in [-0.25, -0.2) is 0 Å². The molecule has 3 atom stereocenters. The van der Waals surface area contributed by atoms with Crippen molar-refractivity contribution in [3.63, 3.8) is 0 Å². The van der Waals surface area contributed by atoms with E-state index in [1.807, 2.05) is 24.3 Å². The van der Waals surface area contributed by atoms with E-state index in [9.17, 15) is 5.11 Å². The molecule has 6 nitrogen and oxygen atoms in total. The van der Waals surface area contributed by atoms with Gasteiger partial charge in [-0.3, -0.25) is 0 Å². The van der Waals surface area contributed by atoms with Crippen LogP contribution in [-0.4, -0.2) is 47.3 Å². The van der Waals surface area contributed by atoms with E-state index in [2.05, 4.69) is 21.3 Å². The fourth-order valence-electron chi connectivity index (χ4n) is 3.34. The molecule has 3 unspecified atom stereocenters. The predicted octanol–water partition coefficient (Wildman–Crippen LogP) is 0.257. The SMILES string of the molecule is COc1ccc(CC2(O)NC(=S)NCC2C2CCNC(=S)N2)cc1. The molecule has 1 aromatic carbocycles. The van der Waals surface area contributed by atoms with Crippen LogP contribution < -0.4 is 26.0 Å². The molecular weight excluding hydrogens is 344 g/mol. The first-order valence-corrected chi connectivity index (χ1v) is 8.77. The van der Waals surface area contributed by atoms with Gasteiger partial charge in [-0.1, -0.05) is 12.1 Å². The normalized spacial score (nSPS) is 29.8. The van der Waals surface area contributed by atoms with Gasteiger partial charge >= 0.3 is 0 Å². The number of aliphatic hydroxyl groups is 1. The second-order valence-electron chi connectivity index (χ2n) is 6.19. The Kier molecular flexibility index (Phi) is 5.07. The highest BCUT2D eigenvalue weighted by Crippen LogP contribution is 2.28. The number of nitrogens with one attached hydrogen (secondary N) is 4. The Morgan fingerprint density at radius 2 is 1.96 bits per heavy atom. The maximum Gasteiger partial charge on any atom is 0.168 e. The minimum atomic E-state index is -1.14. The van der Waals surface area contributed by atoms with Gasteiger partial charge in [0.25, 0.3) is 0 Å². The second kappa shape index (κ2) is 7.08. The van der Waals surface area contributed by atoms with E-state index in [1.54, 1.807) is 7.11 Å². The van der Waals surface area contributed by atoms with Crippen molar-refractivity contribution in [3.8, 4) is 5.75 Å². The lowest BCUT2D eigenvalue weighted by Gasteiger charge is -2.47. The van der Waals surface area contributed by atoms with Gasteiger partial charge in [-0.2, -0.15) is 0 Å². The van der Waals surface area contributed by atoms with Crippen LogP contribution in [0, 0.1) is 5.92 Å². The van der Waals surface area contributed by atoms with Crippen LogP contribution in [0.3, 0.4) is 0 Å². The Balaban J connectivity index is 1.80. The van der Waals surface area contributed by atoms with Crippen LogP contribution in [0.2, 0.25) is 0 Å². The molecule has 2 aliphatic heterocycles. The maximum absolute atomic E-state index is 11.3. The molecule has 1 aromatic rings. The van der Waals surface area contributed by atoms with Crippen LogP contribution >= 0.6 is 24.4 Å². The predicted molar refractivity (Wildman–Crippen MR) is 101 cm³/mol. The van der Waals surface area contributed by atoms with Crippen molar-refractivity contribution < 1.29 is 9.84 Å². The summed E-state index contributed by atoms with van der Waals surface area (Å²) < 4.78 is 5.19. The lowest BCUT2D eigenvalue weighted by molar-refractivity contribution is -0.0525. The average molecular weight is 367 g/mol. The molecule has 8 heteroatoms. The minimum Gasteiger partial charge on any atom is -0.497 e. The van der Waals surface area contributed by atoms with E-state index in [1.165, 1.54) is 0 Å². The van der Waals surface area contributed by atoms with Crippen LogP contribution in [0.4, 0.5) is 0 Å². The summed E-state index contributed by atoms with van der Waals surface area (Å²) >= 11 is 10.5. The molecule has 0 bridgehead atoms. The van der Waals surface area contributed by atoms with Crippen LogP contribution in [0.15, 0.2) is 24.3 Å². The molecule has 0 amide bonds. The van der Waals surface area contributed by atoms with Crippen molar-refractivity contribution in [2.24, 2.45) is 5.92 Å². The van der Waals surface area contributed by atoms with E-state index in [0.29, 0.717) is 23.2 Å². The number of hydrogen-bond donors (Lipinski definition) is 5. The highest BCUT2D eigenvalue weighted by atomic mass is 32.1. The Hall–Kier alpha value is -1.64. The molecule has 2 heterocycles. The van der Waals surface area contributed by atoms with Crippen molar-refractivity contribution in [3.05, 3.63) is 29.8 Å². The monoisotopic (exact) mass is 366 g/mol.